The van der Waals surface area contributed by atoms with Crippen LogP contribution in [-0.2, 0) is 0 Å². The third-order valence-electron chi connectivity index (χ3n) is 4.01. The van der Waals surface area contributed by atoms with Gasteiger partial charge in [-0.1, -0.05) is 40.2 Å². The first-order chi connectivity index (χ1) is 11.6. The minimum absolute atomic E-state index is 0.0274. The molecule has 1 heterocycles. The van der Waals surface area contributed by atoms with E-state index in [0.29, 0.717) is 5.56 Å². The summed E-state index contributed by atoms with van der Waals surface area (Å²) < 4.78 is 4.54. The highest BCUT2D eigenvalue weighted by atomic mass is 127. The summed E-state index contributed by atoms with van der Waals surface area (Å²) in [6.07, 6.45) is 0. The highest BCUT2D eigenvalue weighted by molar-refractivity contribution is 14.1. The number of rotatable bonds is 1. The summed E-state index contributed by atoms with van der Waals surface area (Å²) in [4.78, 5) is 13.4. The highest BCUT2D eigenvalue weighted by Crippen LogP contribution is 2.33. The quantitative estimate of drug-likeness (QED) is 0.243. The van der Waals surface area contributed by atoms with Crippen LogP contribution in [0.15, 0.2) is 69.6 Å². The fraction of sp³-hybridized carbons (Fsp3) is 0. The summed E-state index contributed by atoms with van der Waals surface area (Å²) in [6, 6.07) is 19.8. The molecule has 0 amide bonds. The molecule has 0 aliphatic heterocycles. The molecule has 118 valence electrons. The highest BCUT2D eigenvalue weighted by Gasteiger charge is 2.21. The number of nitrogens with zero attached hydrogens (tertiary/aromatic N) is 1. The van der Waals surface area contributed by atoms with Crippen molar-refractivity contribution in [2.45, 2.75) is 0 Å². The van der Waals surface area contributed by atoms with E-state index in [2.05, 4.69) is 66.6 Å². The Kier molecular flexibility index (Phi) is 4.26. The van der Waals surface area contributed by atoms with E-state index in [4.69, 9.17) is 0 Å². The maximum Gasteiger partial charge on any atom is 0.265 e. The van der Waals surface area contributed by atoms with Gasteiger partial charge in [-0.25, -0.2) is 0 Å². The van der Waals surface area contributed by atoms with E-state index in [-0.39, 0.29) is 5.91 Å². The normalized spacial score (nSPS) is 11.3. The van der Waals surface area contributed by atoms with Gasteiger partial charge in [0.1, 0.15) is 0 Å². The summed E-state index contributed by atoms with van der Waals surface area (Å²) in [7, 11) is 0. The van der Waals surface area contributed by atoms with E-state index < -0.39 is 0 Å². The van der Waals surface area contributed by atoms with Crippen molar-refractivity contribution in [2.75, 3.05) is 0 Å². The van der Waals surface area contributed by atoms with Crippen LogP contribution in [0.2, 0.25) is 0 Å². The van der Waals surface area contributed by atoms with Crippen molar-refractivity contribution >= 4 is 82.2 Å². The topological polar surface area (TPSA) is 22.0 Å². The lowest BCUT2D eigenvalue weighted by Crippen LogP contribution is -2.14. The summed E-state index contributed by atoms with van der Waals surface area (Å²) in [5.74, 6) is -0.0274. The van der Waals surface area contributed by atoms with Crippen molar-refractivity contribution in [3.63, 3.8) is 0 Å². The summed E-state index contributed by atoms with van der Waals surface area (Å²) in [5.41, 5.74) is 2.52. The van der Waals surface area contributed by atoms with Gasteiger partial charge in [0, 0.05) is 23.3 Å². The Morgan fingerprint density at radius 1 is 0.875 bits per heavy atom. The number of carbonyl (C=O) groups is 1. The smallest absolute Gasteiger partial charge is 0.265 e. The average molecular weight is 555 g/mol. The standard InChI is InChI=1S/C19H10Br2INO/c20-11-8-9-17-13(10-11)12-4-1-2-7-16(12)23(17)19(24)18-14(21)5-3-6-15(18)22/h1-10H. The van der Waals surface area contributed by atoms with Crippen LogP contribution in [0.1, 0.15) is 10.4 Å². The van der Waals surface area contributed by atoms with E-state index in [9.17, 15) is 4.79 Å². The number of para-hydroxylation sites is 1. The molecule has 0 spiro atoms. The van der Waals surface area contributed by atoms with E-state index in [1.807, 2.05) is 48.5 Å². The fourth-order valence-electron chi connectivity index (χ4n) is 2.98. The van der Waals surface area contributed by atoms with Crippen molar-refractivity contribution in [1.82, 2.24) is 4.57 Å². The Labute approximate surface area is 169 Å². The molecular formula is C19H10Br2INO. The van der Waals surface area contributed by atoms with Gasteiger partial charge in [0.2, 0.25) is 0 Å². The molecule has 0 aliphatic carbocycles. The zero-order valence-electron chi connectivity index (χ0n) is 12.3. The van der Waals surface area contributed by atoms with Crippen molar-refractivity contribution < 1.29 is 4.79 Å². The Morgan fingerprint density at radius 2 is 1.62 bits per heavy atom. The van der Waals surface area contributed by atoms with Gasteiger partial charge in [0.15, 0.2) is 0 Å². The SMILES string of the molecule is O=C(c1c(Br)cccc1I)n1c2ccccc2c2cc(Br)ccc21. The van der Waals surface area contributed by atoms with Crippen LogP contribution in [0.25, 0.3) is 21.8 Å². The number of hydrogen-bond donors (Lipinski definition) is 0. The molecule has 0 atom stereocenters. The van der Waals surface area contributed by atoms with Crippen molar-refractivity contribution in [1.29, 1.82) is 0 Å². The molecule has 0 fully saturated rings. The third-order valence-corrected chi connectivity index (χ3v) is 6.07. The molecule has 3 aromatic carbocycles. The molecule has 0 radical (unpaired) electrons. The van der Waals surface area contributed by atoms with Crippen LogP contribution in [0, 0.1) is 3.57 Å². The first kappa shape index (κ1) is 16.3. The van der Waals surface area contributed by atoms with E-state index >= 15 is 0 Å². The van der Waals surface area contributed by atoms with Crippen molar-refractivity contribution in [2.24, 2.45) is 0 Å². The second-order valence-corrected chi connectivity index (χ2v) is 8.35. The summed E-state index contributed by atoms with van der Waals surface area (Å²) >= 11 is 9.26. The number of hydrogen-bond acceptors (Lipinski definition) is 1. The molecule has 4 rings (SSSR count). The molecule has 0 aliphatic rings. The molecule has 0 unspecified atom stereocenters. The van der Waals surface area contributed by atoms with Gasteiger partial charge in [-0.2, -0.15) is 0 Å². The Morgan fingerprint density at radius 3 is 2.42 bits per heavy atom. The second-order valence-electron chi connectivity index (χ2n) is 5.42. The van der Waals surface area contributed by atoms with Crippen LogP contribution in [0.3, 0.4) is 0 Å². The van der Waals surface area contributed by atoms with Gasteiger partial charge in [0.05, 0.1) is 16.6 Å². The van der Waals surface area contributed by atoms with Crippen LogP contribution >= 0.6 is 54.5 Å². The molecule has 0 saturated carbocycles. The molecule has 5 heteroatoms. The molecule has 24 heavy (non-hydrogen) atoms. The van der Waals surface area contributed by atoms with Crippen LogP contribution < -0.4 is 0 Å². The lowest BCUT2D eigenvalue weighted by molar-refractivity contribution is 0.0968. The monoisotopic (exact) mass is 553 g/mol. The Balaban J connectivity index is 2.11. The van der Waals surface area contributed by atoms with Crippen LogP contribution in [-0.4, -0.2) is 10.5 Å². The predicted molar refractivity (Wildman–Crippen MR) is 114 cm³/mol. The largest absolute Gasteiger partial charge is 0.276 e. The number of fused-ring (bicyclic) bond motifs is 3. The Bertz CT molecular complexity index is 1100. The molecule has 4 aromatic rings. The van der Waals surface area contributed by atoms with Gasteiger partial charge in [-0.3, -0.25) is 9.36 Å². The molecular weight excluding hydrogens is 545 g/mol. The lowest BCUT2D eigenvalue weighted by atomic mass is 10.2. The predicted octanol–water partition coefficient (Wildman–Crippen LogP) is 6.61. The van der Waals surface area contributed by atoms with E-state index in [1.165, 1.54) is 0 Å². The fourth-order valence-corrected chi connectivity index (χ4v) is 4.97. The second kappa shape index (κ2) is 6.28. The first-order valence-corrected chi connectivity index (χ1v) is 9.92. The number of benzene rings is 3. The molecule has 0 N–H and O–H groups in total. The lowest BCUT2D eigenvalue weighted by Gasteiger charge is -2.10. The van der Waals surface area contributed by atoms with Gasteiger partial charge in [-0.05, 0) is 74.9 Å². The van der Waals surface area contributed by atoms with Gasteiger partial charge in [0.25, 0.3) is 5.91 Å². The van der Waals surface area contributed by atoms with E-state index in [0.717, 1.165) is 34.3 Å². The van der Waals surface area contributed by atoms with Crippen molar-refractivity contribution in [3.05, 3.63) is 78.7 Å². The minimum atomic E-state index is -0.0274. The average Bonchev–Trinajstić information content (AvgIpc) is 2.88. The number of carbonyl (C=O) groups excluding carboxylic acids is 1. The van der Waals surface area contributed by atoms with E-state index in [1.54, 1.807) is 4.57 Å². The van der Waals surface area contributed by atoms with Gasteiger partial charge >= 0.3 is 0 Å². The summed E-state index contributed by atoms with van der Waals surface area (Å²) in [6.45, 7) is 0. The third kappa shape index (κ3) is 2.53. The van der Waals surface area contributed by atoms with Crippen LogP contribution in [0.4, 0.5) is 0 Å². The zero-order valence-corrected chi connectivity index (χ0v) is 17.6. The molecule has 1 aromatic heterocycles. The minimum Gasteiger partial charge on any atom is -0.276 e. The van der Waals surface area contributed by atoms with Gasteiger partial charge < -0.3 is 0 Å². The summed E-state index contributed by atoms with van der Waals surface area (Å²) in [5, 5.41) is 2.14. The maximum absolute atomic E-state index is 13.4. The van der Waals surface area contributed by atoms with Crippen LogP contribution in [0.5, 0.6) is 0 Å². The number of halogens is 3. The molecule has 0 bridgehead atoms. The first-order valence-electron chi connectivity index (χ1n) is 7.25. The maximum atomic E-state index is 13.4. The van der Waals surface area contributed by atoms with Gasteiger partial charge in [-0.15, -0.1) is 0 Å². The zero-order chi connectivity index (χ0) is 16.8. The Hall–Kier alpha value is -1.18. The number of aromatic nitrogens is 1. The molecule has 2 nitrogen and oxygen atoms in total. The molecule has 0 saturated heterocycles. The van der Waals surface area contributed by atoms with Crippen molar-refractivity contribution in [3.8, 4) is 0 Å².